The Labute approximate surface area is 240 Å². The van der Waals surface area contributed by atoms with Crippen LogP contribution in [0.5, 0.6) is 0 Å². The van der Waals surface area contributed by atoms with Crippen molar-refractivity contribution in [3.63, 3.8) is 0 Å². The van der Waals surface area contributed by atoms with Gasteiger partial charge in [-0.15, -0.1) is 0 Å². The first-order valence-corrected chi connectivity index (χ1v) is 16.4. The number of aliphatic imine (C=N–C) groups is 1. The molecule has 0 saturated carbocycles. The molecular formula is C27H30F5N5O4Si. The number of benzene rings is 1. The number of carboxylic acid groups (broad SMARTS) is 1. The van der Waals surface area contributed by atoms with E-state index in [1.54, 1.807) is 6.07 Å². The molecule has 2 heterocycles. The molecule has 1 amide bonds. The average Bonchev–Trinajstić information content (AvgIpc) is 2.90. The third-order valence-electron chi connectivity index (χ3n) is 6.54. The number of nitriles is 1. The lowest BCUT2D eigenvalue weighted by Crippen LogP contribution is -2.63. The number of nitrogens with zero attached hydrogens (tertiary/aromatic N) is 5. The van der Waals surface area contributed by atoms with Crippen LogP contribution in [0.3, 0.4) is 0 Å². The van der Waals surface area contributed by atoms with Gasteiger partial charge in [-0.25, -0.2) is 28.4 Å². The SMILES string of the molecule is C[C@@]1(c2cc(/C=C(\F)c3cnc(C#N)cn3)ccc2F)CO[C@@](C)(C(F)(F)F)C(N(COCC[Si](C)(C)C)C(=O)O)=N1. The van der Waals surface area contributed by atoms with Crippen LogP contribution in [0.1, 0.15) is 36.4 Å². The average molecular weight is 612 g/mol. The number of aromatic nitrogens is 2. The normalized spacial score (nSPS) is 21.5. The first-order valence-electron chi connectivity index (χ1n) is 12.7. The van der Waals surface area contributed by atoms with Gasteiger partial charge in [0.1, 0.15) is 29.9 Å². The van der Waals surface area contributed by atoms with E-state index in [1.165, 1.54) is 19.1 Å². The molecule has 2 atom stereocenters. The third kappa shape index (κ3) is 7.36. The maximum absolute atomic E-state index is 15.2. The van der Waals surface area contributed by atoms with Crippen LogP contribution < -0.4 is 0 Å². The summed E-state index contributed by atoms with van der Waals surface area (Å²) in [4.78, 5) is 24.2. The number of amidine groups is 1. The van der Waals surface area contributed by atoms with Crippen LogP contribution in [0.4, 0.5) is 26.7 Å². The van der Waals surface area contributed by atoms with E-state index in [1.807, 2.05) is 0 Å². The summed E-state index contributed by atoms with van der Waals surface area (Å²) in [5.41, 5.74) is -5.40. The lowest BCUT2D eigenvalue weighted by Gasteiger charge is -2.44. The molecule has 1 aliphatic heterocycles. The first-order chi connectivity index (χ1) is 19.4. The molecule has 0 aliphatic carbocycles. The predicted octanol–water partition coefficient (Wildman–Crippen LogP) is 6.21. The highest BCUT2D eigenvalue weighted by Crippen LogP contribution is 2.43. The highest BCUT2D eigenvalue weighted by Gasteiger charge is 2.62. The third-order valence-corrected chi connectivity index (χ3v) is 8.24. The van der Waals surface area contributed by atoms with Crippen LogP contribution in [0, 0.1) is 17.1 Å². The zero-order valence-corrected chi connectivity index (χ0v) is 24.6. The fourth-order valence-corrected chi connectivity index (χ4v) is 4.66. The second kappa shape index (κ2) is 12.2. The summed E-state index contributed by atoms with van der Waals surface area (Å²) in [7, 11) is -1.59. The molecule has 42 heavy (non-hydrogen) atoms. The summed E-state index contributed by atoms with van der Waals surface area (Å²) in [5.74, 6) is -2.79. The fourth-order valence-electron chi connectivity index (χ4n) is 3.90. The van der Waals surface area contributed by atoms with E-state index in [0.29, 0.717) is 17.9 Å². The molecule has 0 saturated heterocycles. The standard InChI is InChI=1S/C27H30F5N5O4Si/c1-25(19-10-17(6-7-20(19)28)11-21(29)22-14-34-18(12-33)13-35-22)15-41-26(2,27(30,31)32)23(36-25)37(24(38)39)16-40-8-9-42(3,4)5/h6-7,10-11,13-14H,8-9,15-16H2,1-5H3,(H,38,39)/b21-11-/t25-,26+/m0/s1. The van der Waals surface area contributed by atoms with Gasteiger partial charge in [0.15, 0.2) is 17.4 Å². The van der Waals surface area contributed by atoms with Crippen LogP contribution in [0.2, 0.25) is 25.7 Å². The van der Waals surface area contributed by atoms with Gasteiger partial charge < -0.3 is 14.6 Å². The number of carbonyl (C=O) groups is 1. The number of hydrogen-bond donors (Lipinski definition) is 1. The van der Waals surface area contributed by atoms with Crippen LogP contribution in [-0.4, -0.2) is 71.7 Å². The predicted molar refractivity (Wildman–Crippen MR) is 146 cm³/mol. The van der Waals surface area contributed by atoms with Crippen LogP contribution in [0.15, 0.2) is 35.6 Å². The van der Waals surface area contributed by atoms with Crippen LogP contribution >= 0.6 is 0 Å². The number of alkyl halides is 3. The maximum atomic E-state index is 15.2. The number of ether oxygens (including phenoxy) is 2. The monoisotopic (exact) mass is 611 g/mol. The van der Waals surface area contributed by atoms with Crippen molar-refractivity contribution in [2.24, 2.45) is 4.99 Å². The zero-order valence-electron chi connectivity index (χ0n) is 23.6. The molecule has 15 heteroatoms. The Balaban J connectivity index is 2.06. The number of rotatable bonds is 8. The van der Waals surface area contributed by atoms with E-state index < -0.39 is 62.3 Å². The van der Waals surface area contributed by atoms with E-state index in [4.69, 9.17) is 14.7 Å². The van der Waals surface area contributed by atoms with Crippen molar-refractivity contribution in [1.82, 2.24) is 14.9 Å². The maximum Gasteiger partial charge on any atom is 0.424 e. The van der Waals surface area contributed by atoms with Crippen molar-refractivity contribution in [3.05, 3.63) is 58.9 Å². The second-order valence-electron chi connectivity index (χ2n) is 11.2. The summed E-state index contributed by atoms with van der Waals surface area (Å²) in [5, 5.41) is 18.7. The van der Waals surface area contributed by atoms with E-state index in [9.17, 15) is 27.5 Å². The lowest BCUT2D eigenvalue weighted by molar-refractivity contribution is -0.252. The number of hydrogen-bond acceptors (Lipinski definition) is 7. The van der Waals surface area contributed by atoms with Gasteiger partial charge >= 0.3 is 12.3 Å². The molecule has 2 aromatic rings. The van der Waals surface area contributed by atoms with Crippen molar-refractivity contribution >= 4 is 31.9 Å². The second-order valence-corrected chi connectivity index (χ2v) is 16.8. The molecule has 9 nitrogen and oxygen atoms in total. The first kappa shape index (κ1) is 32.8. The van der Waals surface area contributed by atoms with Crippen LogP contribution in [0.25, 0.3) is 11.9 Å². The lowest BCUT2D eigenvalue weighted by atomic mass is 9.88. The van der Waals surface area contributed by atoms with Crippen molar-refractivity contribution in [2.75, 3.05) is 19.9 Å². The molecule has 1 aromatic carbocycles. The van der Waals surface area contributed by atoms with Crippen molar-refractivity contribution in [3.8, 4) is 6.07 Å². The number of amides is 1. The van der Waals surface area contributed by atoms with E-state index in [0.717, 1.165) is 24.5 Å². The number of halogens is 5. The van der Waals surface area contributed by atoms with Gasteiger partial charge in [-0.05, 0) is 43.7 Å². The zero-order chi connectivity index (χ0) is 31.5. The fraction of sp³-hybridized carbons (Fsp3) is 0.444. The quantitative estimate of drug-likeness (QED) is 0.163. The summed E-state index contributed by atoms with van der Waals surface area (Å²) >= 11 is 0. The molecule has 0 bridgehead atoms. The van der Waals surface area contributed by atoms with Gasteiger partial charge in [0.25, 0.3) is 0 Å². The van der Waals surface area contributed by atoms with Gasteiger partial charge in [-0.2, -0.15) is 18.4 Å². The highest BCUT2D eigenvalue weighted by atomic mass is 28.3. The summed E-state index contributed by atoms with van der Waals surface area (Å²) in [6.45, 7) is 6.67. The molecule has 3 rings (SSSR count). The van der Waals surface area contributed by atoms with Gasteiger partial charge in [0, 0.05) is 20.2 Å². The van der Waals surface area contributed by atoms with E-state index in [2.05, 4.69) is 34.6 Å². The molecule has 0 radical (unpaired) electrons. The van der Waals surface area contributed by atoms with E-state index >= 15 is 4.39 Å². The largest absolute Gasteiger partial charge is 0.465 e. The Hall–Kier alpha value is -3.74. The Bertz CT molecular complexity index is 1420. The molecule has 226 valence electrons. The molecule has 0 spiro atoms. The highest BCUT2D eigenvalue weighted by molar-refractivity contribution is 6.76. The summed E-state index contributed by atoms with van der Waals surface area (Å²) < 4.78 is 83.5. The molecule has 1 aromatic heterocycles. The van der Waals surface area contributed by atoms with Gasteiger partial charge in [0.2, 0.25) is 5.60 Å². The van der Waals surface area contributed by atoms with Gasteiger partial charge in [-0.3, -0.25) is 4.99 Å². The molecule has 0 unspecified atom stereocenters. The van der Waals surface area contributed by atoms with Crippen molar-refractivity contribution in [1.29, 1.82) is 5.26 Å². The smallest absolute Gasteiger partial charge is 0.424 e. The Morgan fingerprint density at radius 1 is 1.26 bits per heavy atom. The minimum atomic E-state index is -5.09. The minimum absolute atomic E-state index is 0.0303. The minimum Gasteiger partial charge on any atom is -0.465 e. The topological polar surface area (TPSA) is 121 Å². The van der Waals surface area contributed by atoms with E-state index in [-0.39, 0.29) is 29.1 Å². The van der Waals surface area contributed by atoms with Crippen molar-refractivity contribution < 1.29 is 41.3 Å². The molecule has 1 aliphatic rings. The van der Waals surface area contributed by atoms with Crippen molar-refractivity contribution in [2.45, 2.75) is 56.8 Å². The van der Waals surface area contributed by atoms with Gasteiger partial charge in [-0.1, -0.05) is 25.7 Å². The Kier molecular flexibility index (Phi) is 9.55. The summed E-state index contributed by atoms with van der Waals surface area (Å²) in [6, 6.07) is 5.76. The molecule has 1 N–H and O–H groups in total. The summed E-state index contributed by atoms with van der Waals surface area (Å²) in [6.07, 6.45) is -3.77. The van der Waals surface area contributed by atoms with Crippen LogP contribution in [-0.2, 0) is 15.0 Å². The Morgan fingerprint density at radius 3 is 2.50 bits per heavy atom. The molecular weight excluding hydrogens is 581 g/mol. The van der Waals surface area contributed by atoms with Gasteiger partial charge in [0.05, 0.1) is 19.0 Å². The Morgan fingerprint density at radius 2 is 1.95 bits per heavy atom. The molecule has 0 fully saturated rings.